The number of hydrogen-bond donors (Lipinski definition) is 1. The summed E-state index contributed by atoms with van der Waals surface area (Å²) in [6, 6.07) is 7.82. The van der Waals surface area contributed by atoms with Crippen molar-refractivity contribution in [2.75, 3.05) is 0 Å². The molecule has 106 valence electrons. The highest BCUT2D eigenvalue weighted by Gasteiger charge is 2.26. The normalized spacial score (nSPS) is 14.1. The Hall–Kier alpha value is -1.15. The molecule has 0 saturated carbocycles. The summed E-state index contributed by atoms with van der Waals surface area (Å²) in [4.78, 5) is 12.2. The van der Waals surface area contributed by atoms with Crippen LogP contribution in [0.4, 0.5) is 0 Å². The molecule has 0 aromatic heterocycles. The van der Waals surface area contributed by atoms with Crippen molar-refractivity contribution in [2.45, 2.75) is 59.0 Å². The van der Waals surface area contributed by atoms with Gasteiger partial charge in [-0.3, -0.25) is 4.79 Å². The van der Waals surface area contributed by atoms with Gasteiger partial charge in [-0.15, -0.1) is 0 Å². The van der Waals surface area contributed by atoms with Crippen LogP contribution in [0.15, 0.2) is 24.3 Å². The van der Waals surface area contributed by atoms with E-state index in [1.54, 1.807) is 0 Å². The van der Waals surface area contributed by atoms with Crippen molar-refractivity contribution in [1.82, 2.24) is 0 Å². The Labute approximate surface area is 116 Å². The number of carbonyl (C=O) groups excluding carboxylic acids is 1. The summed E-state index contributed by atoms with van der Waals surface area (Å²) in [6.45, 7) is 6.16. The van der Waals surface area contributed by atoms with Gasteiger partial charge in [0.05, 0.1) is 6.10 Å². The van der Waals surface area contributed by atoms with Crippen molar-refractivity contribution >= 4 is 5.78 Å². The minimum atomic E-state index is -0.662. The summed E-state index contributed by atoms with van der Waals surface area (Å²) < 4.78 is 0. The molecular weight excluding hydrogens is 236 g/mol. The Balaban J connectivity index is 2.79. The molecule has 1 aromatic rings. The minimum absolute atomic E-state index is 0.205. The number of aliphatic hydroxyl groups is 1. The third kappa shape index (κ3) is 4.79. The Morgan fingerprint density at radius 1 is 1.16 bits per heavy atom. The maximum Gasteiger partial charge on any atom is 0.138 e. The van der Waals surface area contributed by atoms with E-state index in [0.717, 1.165) is 31.2 Å². The fourth-order valence-electron chi connectivity index (χ4n) is 2.34. The second-order valence-electron chi connectivity index (χ2n) is 5.32. The highest BCUT2D eigenvalue weighted by atomic mass is 16.3. The van der Waals surface area contributed by atoms with E-state index in [-0.39, 0.29) is 11.7 Å². The van der Waals surface area contributed by atoms with Crippen LogP contribution in [0.1, 0.15) is 63.2 Å². The quantitative estimate of drug-likeness (QED) is 0.762. The standard InChI is InChI=1S/C17H26O2/c1-4-6-8-16(18)15(7-5-2)17(19)14-11-9-13(3)10-12-14/h9-12,15,17,19H,4-8H2,1-3H3. The van der Waals surface area contributed by atoms with Crippen LogP contribution in [0.5, 0.6) is 0 Å². The molecule has 19 heavy (non-hydrogen) atoms. The van der Waals surface area contributed by atoms with Crippen LogP contribution in [-0.4, -0.2) is 10.9 Å². The lowest BCUT2D eigenvalue weighted by atomic mass is 9.86. The number of carbonyl (C=O) groups is 1. The number of hydrogen-bond acceptors (Lipinski definition) is 2. The zero-order valence-electron chi connectivity index (χ0n) is 12.4. The molecular formula is C17H26O2. The topological polar surface area (TPSA) is 37.3 Å². The summed E-state index contributed by atoms with van der Waals surface area (Å²) in [7, 11) is 0. The van der Waals surface area contributed by atoms with Crippen molar-refractivity contribution in [3.8, 4) is 0 Å². The van der Waals surface area contributed by atoms with E-state index in [2.05, 4.69) is 13.8 Å². The molecule has 2 heteroatoms. The smallest absolute Gasteiger partial charge is 0.138 e. The maximum absolute atomic E-state index is 12.2. The lowest BCUT2D eigenvalue weighted by Gasteiger charge is -2.22. The SMILES string of the molecule is CCCCC(=O)C(CCC)C(O)c1ccc(C)cc1. The van der Waals surface area contributed by atoms with Crippen molar-refractivity contribution < 1.29 is 9.90 Å². The third-order valence-corrected chi connectivity index (χ3v) is 3.59. The van der Waals surface area contributed by atoms with Gasteiger partial charge in [-0.05, 0) is 25.3 Å². The molecule has 2 nitrogen and oxygen atoms in total. The summed E-state index contributed by atoms with van der Waals surface area (Å²) in [5.74, 6) is -0.0453. The first-order chi connectivity index (χ1) is 9.10. The average Bonchev–Trinajstić information content (AvgIpc) is 2.42. The van der Waals surface area contributed by atoms with Gasteiger partial charge in [0.25, 0.3) is 0 Å². The Bertz CT molecular complexity index is 381. The summed E-state index contributed by atoms with van der Waals surface area (Å²) in [5.41, 5.74) is 2.02. The fourth-order valence-corrected chi connectivity index (χ4v) is 2.34. The Morgan fingerprint density at radius 3 is 2.32 bits per heavy atom. The van der Waals surface area contributed by atoms with Crippen LogP contribution < -0.4 is 0 Å². The maximum atomic E-state index is 12.2. The van der Waals surface area contributed by atoms with Gasteiger partial charge in [0, 0.05) is 12.3 Å². The van der Waals surface area contributed by atoms with Crippen molar-refractivity contribution in [3.63, 3.8) is 0 Å². The van der Waals surface area contributed by atoms with Crippen LogP contribution in [-0.2, 0) is 4.79 Å². The average molecular weight is 262 g/mol. The number of rotatable bonds is 8. The van der Waals surface area contributed by atoms with E-state index < -0.39 is 6.10 Å². The number of aliphatic hydroxyl groups excluding tert-OH is 1. The van der Waals surface area contributed by atoms with Gasteiger partial charge in [0.2, 0.25) is 0 Å². The molecule has 2 atom stereocenters. The number of aryl methyl sites for hydroxylation is 1. The predicted octanol–water partition coefficient (Wildman–Crippen LogP) is 4.20. The first-order valence-corrected chi connectivity index (χ1v) is 7.37. The predicted molar refractivity (Wildman–Crippen MR) is 79.1 cm³/mol. The lowest BCUT2D eigenvalue weighted by Crippen LogP contribution is -2.22. The van der Waals surface area contributed by atoms with E-state index >= 15 is 0 Å². The zero-order chi connectivity index (χ0) is 14.3. The highest BCUT2D eigenvalue weighted by Crippen LogP contribution is 2.28. The first-order valence-electron chi connectivity index (χ1n) is 7.37. The highest BCUT2D eigenvalue weighted by molar-refractivity contribution is 5.81. The number of ketones is 1. The third-order valence-electron chi connectivity index (χ3n) is 3.59. The molecule has 0 aliphatic rings. The Morgan fingerprint density at radius 2 is 1.79 bits per heavy atom. The van der Waals surface area contributed by atoms with Crippen LogP contribution in [0, 0.1) is 12.8 Å². The fraction of sp³-hybridized carbons (Fsp3) is 0.588. The minimum Gasteiger partial charge on any atom is -0.388 e. The van der Waals surface area contributed by atoms with Gasteiger partial charge in [0.15, 0.2) is 0 Å². The number of unbranched alkanes of at least 4 members (excludes halogenated alkanes) is 1. The summed E-state index contributed by atoms with van der Waals surface area (Å²) in [5, 5.41) is 10.5. The van der Waals surface area contributed by atoms with Gasteiger partial charge < -0.3 is 5.11 Å². The lowest BCUT2D eigenvalue weighted by molar-refractivity contribution is -0.127. The molecule has 0 fully saturated rings. The molecule has 0 radical (unpaired) electrons. The molecule has 0 saturated heterocycles. The molecule has 0 aliphatic heterocycles. The van der Waals surface area contributed by atoms with Gasteiger partial charge >= 0.3 is 0 Å². The Kier molecular flexibility index (Phi) is 6.79. The summed E-state index contributed by atoms with van der Waals surface area (Å²) in [6.07, 6.45) is 3.54. The monoisotopic (exact) mass is 262 g/mol. The van der Waals surface area contributed by atoms with Crippen molar-refractivity contribution in [3.05, 3.63) is 35.4 Å². The van der Waals surface area contributed by atoms with Crippen LogP contribution in [0.3, 0.4) is 0 Å². The molecule has 0 spiro atoms. The van der Waals surface area contributed by atoms with Crippen molar-refractivity contribution in [1.29, 1.82) is 0 Å². The second-order valence-corrected chi connectivity index (χ2v) is 5.32. The van der Waals surface area contributed by atoms with Gasteiger partial charge in [-0.25, -0.2) is 0 Å². The van der Waals surface area contributed by atoms with Crippen LogP contribution >= 0.6 is 0 Å². The number of Topliss-reactive ketones (excluding diaryl/α,β-unsaturated/α-hetero) is 1. The van der Waals surface area contributed by atoms with Gasteiger partial charge in [-0.1, -0.05) is 56.5 Å². The van der Waals surface area contributed by atoms with E-state index in [0.29, 0.717) is 6.42 Å². The van der Waals surface area contributed by atoms with E-state index in [1.165, 1.54) is 5.56 Å². The molecule has 1 N–H and O–H groups in total. The van der Waals surface area contributed by atoms with Crippen molar-refractivity contribution in [2.24, 2.45) is 5.92 Å². The van der Waals surface area contributed by atoms with Gasteiger partial charge in [-0.2, -0.15) is 0 Å². The second kappa shape index (κ2) is 8.11. The zero-order valence-corrected chi connectivity index (χ0v) is 12.4. The van der Waals surface area contributed by atoms with Crippen LogP contribution in [0.2, 0.25) is 0 Å². The molecule has 0 bridgehead atoms. The largest absolute Gasteiger partial charge is 0.388 e. The number of benzene rings is 1. The molecule has 0 aliphatic carbocycles. The first kappa shape index (κ1) is 15.9. The van der Waals surface area contributed by atoms with E-state index in [4.69, 9.17) is 0 Å². The van der Waals surface area contributed by atoms with Crippen LogP contribution in [0.25, 0.3) is 0 Å². The van der Waals surface area contributed by atoms with E-state index in [9.17, 15) is 9.90 Å². The molecule has 0 heterocycles. The molecule has 1 aromatic carbocycles. The molecule has 0 amide bonds. The summed E-state index contributed by atoms with van der Waals surface area (Å²) >= 11 is 0. The van der Waals surface area contributed by atoms with E-state index in [1.807, 2.05) is 31.2 Å². The molecule has 2 unspecified atom stereocenters. The molecule has 1 rings (SSSR count). The van der Waals surface area contributed by atoms with Gasteiger partial charge in [0.1, 0.15) is 5.78 Å².